The van der Waals surface area contributed by atoms with Crippen LogP contribution in [0.25, 0.3) is 0 Å². The van der Waals surface area contributed by atoms with Gasteiger partial charge in [-0.2, -0.15) is 18.3 Å². The highest BCUT2D eigenvalue weighted by Gasteiger charge is 2.48. The number of alkyl halides is 6. The van der Waals surface area contributed by atoms with Gasteiger partial charge in [0.2, 0.25) is 5.91 Å². The van der Waals surface area contributed by atoms with E-state index in [-0.39, 0.29) is 22.4 Å². The van der Waals surface area contributed by atoms with Crippen molar-refractivity contribution in [3.05, 3.63) is 77.6 Å². The van der Waals surface area contributed by atoms with Crippen molar-refractivity contribution in [3.8, 4) is 5.75 Å². The van der Waals surface area contributed by atoms with Crippen LogP contribution in [0, 0.1) is 0 Å². The molecule has 0 bridgehead atoms. The molecule has 2 amide bonds. The Morgan fingerprint density at radius 2 is 1.83 bits per heavy atom. The molecule has 184 valence electrons. The molecule has 2 atom stereocenters. The average Bonchev–Trinajstić information content (AvgIpc) is 3.28. The van der Waals surface area contributed by atoms with Gasteiger partial charge in [0.25, 0.3) is 5.91 Å². The third-order valence-electron chi connectivity index (χ3n) is 5.27. The largest absolute Gasteiger partial charge is 0.573 e. The van der Waals surface area contributed by atoms with Crippen molar-refractivity contribution in [2.45, 2.75) is 24.5 Å². The van der Waals surface area contributed by atoms with E-state index in [0.717, 1.165) is 12.1 Å². The Kier molecular flexibility index (Phi) is 6.17. The van der Waals surface area contributed by atoms with Crippen LogP contribution < -0.4 is 10.1 Å². The lowest BCUT2D eigenvalue weighted by molar-refractivity contribution is -0.274. The monoisotopic (exact) mass is 498 g/mol. The quantitative estimate of drug-likeness (QED) is 0.496. The Labute approximate surface area is 193 Å². The number of amides is 2. The van der Waals surface area contributed by atoms with E-state index in [4.69, 9.17) is 0 Å². The number of fused-ring (bicyclic) bond motifs is 1. The molecule has 3 aromatic rings. The molecule has 0 fully saturated rings. The molecule has 0 unspecified atom stereocenters. The number of halogens is 6. The normalized spacial score (nSPS) is 18.2. The Morgan fingerprint density at radius 1 is 1.09 bits per heavy atom. The molecule has 0 spiro atoms. The number of hydrogen-bond donors (Lipinski definition) is 2. The first-order valence-electron chi connectivity index (χ1n) is 10.0. The summed E-state index contributed by atoms with van der Waals surface area (Å²) in [5.41, 5.74) is 0.138. The molecule has 2 N–H and O–H groups in total. The molecule has 13 heteroatoms. The van der Waals surface area contributed by atoms with Gasteiger partial charge in [0.05, 0.1) is 18.2 Å². The Bertz CT molecular complexity index is 1230. The van der Waals surface area contributed by atoms with Crippen molar-refractivity contribution in [1.82, 2.24) is 15.1 Å². The number of nitrogens with zero attached hydrogens (tertiary/aromatic N) is 2. The fraction of sp³-hybridized carbons (Fsp3) is 0.227. The highest BCUT2D eigenvalue weighted by atomic mass is 19.4. The summed E-state index contributed by atoms with van der Waals surface area (Å²) in [6, 6.07) is 8.78. The van der Waals surface area contributed by atoms with Crippen LogP contribution >= 0.6 is 0 Å². The van der Waals surface area contributed by atoms with Gasteiger partial charge in [-0.25, -0.2) is 0 Å². The first kappa shape index (κ1) is 24.1. The molecule has 2 heterocycles. The summed E-state index contributed by atoms with van der Waals surface area (Å²) in [7, 11) is 0. The van der Waals surface area contributed by atoms with Crippen molar-refractivity contribution in [3.63, 3.8) is 0 Å². The number of aromatic nitrogens is 2. The zero-order valence-corrected chi connectivity index (χ0v) is 17.5. The first-order valence-corrected chi connectivity index (χ1v) is 10.0. The zero-order valence-electron chi connectivity index (χ0n) is 17.5. The fourth-order valence-corrected chi connectivity index (χ4v) is 4.03. The number of anilines is 1. The highest BCUT2D eigenvalue weighted by Crippen LogP contribution is 2.44. The van der Waals surface area contributed by atoms with E-state index in [2.05, 4.69) is 20.3 Å². The van der Waals surface area contributed by atoms with Crippen molar-refractivity contribution in [2.24, 2.45) is 0 Å². The summed E-state index contributed by atoms with van der Waals surface area (Å²) in [5.74, 6) is -3.70. The maximum Gasteiger partial charge on any atom is 0.573 e. The molecular weight excluding hydrogens is 482 g/mol. The van der Waals surface area contributed by atoms with Crippen LogP contribution in [-0.2, 0) is 4.79 Å². The number of H-pyrrole nitrogens is 1. The summed E-state index contributed by atoms with van der Waals surface area (Å²) in [6.07, 6.45) is -7.26. The Balaban J connectivity index is 1.76. The molecule has 7 nitrogen and oxygen atoms in total. The standard InChI is InChI=1S/C22H16F6N4O3/c23-21(24,25)11-32-18(12-9-29-30-10-12)17(15-6-1-2-7-16(15)20(32)34)19(33)31-13-4-3-5-14(8-13)35-22(26,27)28/h1-10,17-18H,11H2,(H,29,30)(H,31,33)/t17-,18+/m1/s1. The lowest BCUT2D eigenvalue weighted by atomic mass is 9.79. The van der Waals surface area contributed by atoms with Gasteiger partial charge < -0.3 is 15.0 Å². The summed E-state index contributed by atoms with van der Waals surface area (Å²) in [4.78, 5) is 27.0. The van der Waals surface area contributed by atoms with Gasteiger partial charge in [0, 0.05) is 29.1 Å². The predicted octanol–water partition coefficient (Wildman–Crippen LogP) is 4.79. The van der Waals surface area contributed by atoms with Gasteiger partial charge in [-0.1, -0.05) is 24.3 Å². The van der Waals surface area contributed by atoms with Crippen LogP contribution in [-0.4, -0.2) is 46.0 Å². The summed E-state index contributed by atoms with van der Waals surface area (Å²) >= 11 is 0. The van der Waals surface area contributed by atoms with Crippen molar-refractivity contribution >= 4 is 17.5 Å². The predicted molar refractivity (Wildman–Crippen MR) is 109 cm³/mol. The second kappa shape index (κ2) is 8.96. The van der Waals surface area contributed by atoms with Crippen LogP contribution in [0.5, 0.6) is 5.75 Å². The van der Waals surface area contributed by atoms with Crippen LogP contribution in [0.2, 0.25) is 0 Å². The number of rotatable bonds is 5. The Morgan fingerprint density at radius 3 is 2.49 bits per heavy atom. The molecule has 1 aliphatic heterocycles. The van der Waals surface area contributed by atoms with E-state index in [1.165, 1.54) is 48.8 Å². The van der Waals surface area contributed by atoms with Gasteiger partial charge in [-0.05, 0) is 23.8 Å². The van der Waals surface area contributed by atoms with Gasteiger partial charge in [-0.3, -0.25) is 14.7 Å². The number of hydrogen-bond acceptors (Lipinski definition) is 4. The van der Waals surface area contributed by atoms with Crippen LogP contribution in [0.15, 0.2) is 60.9 Å². The minimum Gasteiger partial charge on any atom is -0.406 e. The zero-order chi connectivity index (χ0) is 25.4. The van der Waals surface area contributed by atoms with Gasteiger partial charge in [0.15, 0.2) is 0 Å². The van der Waals surface area contributed by atoms with Gasteiger partial charge in [0.1, 0.15) is 12.3 Å². The van der Waals surface area contributed by atoms with E-state index in [1.54, 1.807) is 0 Å². The maximum atomic E-state index is 13.4. The van der Waals surface area contributed by atoms with E-state index < -0.39 is 48.6 Å². The molecule has 0 radical (unpaired) electrons. The summed E-state index contributed by atoms with van der Waals surface area (Å²) in [6.45, 7) is -1.63. The number of carbonyl (C=O) groups excluding carboxylic acids is 2. The van der Waals surface area contributed by atoms with E-state index >= 15 is 0 Å². The molecule has 4 rings (SSSR count). The summed E-state index contributed by atoms with van der Waals surface area (Å²) < 4.78 is 81.9. The third kappa shape index (κ3) is 5.39. The van der Waals surface area contributed by atoms with E-state index in [1.807, 2.05) is 0 Å². The number of nitrogens with one attached hydrogen (secondary N) is 2. The van der Waals surface area contributed by atoms with Crippen LogP contribution in [0.4, 0.5) is 32.0 Å². The maximum absolute atomic E-state index is 13.4. The van der Waals surface area contributed by atoms with Crippen molar-refractivity contribution in [1.29, 1.82) is 0 Å². The summed E-state index contributed by atoms with van der Waals surface area (Å²) in [5, 5.41) is 8.63. The average molecular weight is 498 g/mol. The van der Waals surface area contributed by atoms with Crippen molar-refractivity contribution in [2.75, 3.05) is 11.9 Å². The fourth-order valence-electron chi connectivity index (χ4n) is 4.03. The second-order valence-corrected chi connectivity index (χ2v) is 7.65. The topological polar surface area (TPSA) is 87.3 Å². The lowest BCUT2D eigenvalue weighted by Crippen LogP contribution is -2.49. The number of ether oxygens (including phenoxy) is 1. The second-order valence-electron chi connectivity index (χ2n) is 7.65. The smallest absolute Gasteiger partial charge is 0.406 e. The van der Waals surface area contributed by atoms with E-state index in [9.17, 15) is 35.9 Å². The third-order valence-corrected chi connectivity index (χ3v) is 5.27. The van der Waals surface area contributed by atoms with Gasteiger partial charge in [-0.15, -0.1) is 13.2 Å². The number of benzene rings is 2. The van der Waals surface area contributed by atoms with Gasteiger partial charge >= 0.3 is 12.5 Å². The number of carbonyl (C=O) groups is 2. The first-order chi connectivity index (χ1) is 16.4. The molecule has 0 saturated carbocycles. The Hall–Kier alpha value is -4.03. The highest BCUT2D eigenvalue weighted by molar-refractivity contribution is 6.04. The van der Waals surface area contributed by atoms with Crippen molar-refractivity contribution < 1.29 is 40.7 Å². The SMILES string of the molecule is O=C(Nc1cccc(OC(F)(F)F)c1)[C@@H]1c2ccccc2C(=O)N(CC(F)(F)F)[C@H]1c1cn[nH]c1. The molecule has 1 aliphatic rings. The molecule has 1 aromatic heterocycles. The van der Waals surface area contributed by atoms with Crippen LogP contribution in [0.3, 0.4) is 0 Å². The van der Waals surface area contributed by atoms with E-state index in [0.29, 0.717) is 4.90 Å². The molecule has 35 heavy (non-hydrogen) atoms. The lowest BCUT2D eigenvalue weighted by Gasteiger charge is -2.41. The molecule has 2 aromatic carbocycles. The minimum absolute atomic E-state index is 0.0838. The van der Waals surface area contributed by atoms with Crippen LogP contribution in [0.1, 0.15) is 33.4 Å². The minimum atomic E-state index is -4.96. The molecule has 0 aliphatic carbocycles. The number of aromatic amines is 1. The molecule has 0 saturated heterocycles. The molecular formula is C22H16F6N4O3.